The number of carbonyl (C=O) groups is 3. The molecule has 4 amide bonds. The lowest BCUT2D eigenvalue weighted by molar-refractivity contribution is -0.131. The highest BCUT2D eigenvalue weighted by molar-refractivity contribution is 6.32. The van der Waals surface area contributed by atoms with Gasteiger partial charge in [0.2, 0.25) is 5.91 Å². The van der Waals surface area contributed by atoms with Gasteiger partial charge in [0.05, 0.1) is 19.9 Å². The number of imide groups is 2. The Morgan fingerprint density at radius 2 is 1.75 bits per heavy atom. The van der Waals surface area contributed by atoms with E-state index in [2.05, 4.69) is 10.3 Å². The molecule has 0 unspecified atom stereocenters. The van der Waals surface area contributed by atoms with Crippen molar-refractivity contribution in [2.24, 2.45) is 10.9 Å². The Morgan fingerprint density at radius 1 is 1.04 bits per heavy atom. The number of amides is 4. The molecule has 1 heterocycles. The van der Waals surface area contributed by atoms with Crippen molar-refractivity contribution < 1.29 is 23.9 Å². The number of carbonyl (C=O) groups excluding carboxylic acids is 3. The van der Waals surface area contributed by atoms with Crippen LogP contribution in [0.1, 0.15) is 5.56 Å². The van der Waals surface area contributed by atoms with Gasteiger partial charge in [-0.3, -0.25) is 19.9 Å². The standard InChI is InChI=1S/C20H19N3O5/c1-12-4-6-13(7-5-12)23-19(25)15(18(24)22-20(23)26)11-21-16-10-14(27-2)8-9-17(16)28-3/h4-11,15H,1-3H3,(H,22,24,26)/t15-/m1/s1. The molecule has 0 radical (unpaired) electrons. The monoisotopic (exact) mass is 381 g/mol. The highest BCUT2D eigenvalue weighted by atomic mass is 16.5. The number of barbiturate groups is 1. The van der Waals surface area contributed by atoms with Gasteiger partial charge in [-0.25, -0.2) is 9.69 Å². The summed E-state index contributed by atoms with van der Waals surface area (Å²) in [6, 6.07) is 11.0. The van der Waals surface area contributed by atoms with Gasteiger partial charge in [0.15, 0.2) is 5.92 Å². The summed E-state index contributed by atoms with van der Waals surface area (Å²) in [5, 5.41) is 2.19. The number of rotatable bonds is 5. The average Bonchev–Trinajstić information content (AvgIpc) is 2.68. The summed E-state index contributed by atoms with van der Waals surface area (Å²) >= 11 is 0. The third kappa shape index (κ3) is 3.71. The van der Waals surface area contributed by atoms with Crippen molar-refractivity contribution in [3.63, 3.8) is 0 Å². The summed E-state index contributed by atoms with van der Waals surface area (Å²) in [7, 11) is 3.00. The predicted octanol–water partition coefficient (Wildman–Crippen LogP) is 2.61. The van der Waals surface area contributed by atoms with Gasteiger partial charge in [0.1, 0.15) is 17.2 Å². The van der Waals surface area contributed by atoms with Gasteiger partial charge in [-0.05, 0) is 31.2 Å². The van der Waals surface area contributed by atoms with Crippen LogP contribution in [0.4, 0.5) is 16.2 Å². The molecular weight excluding hydrogens is 362 g/mol. The van der Waals surface area contributed by atoms with E-state index in [9.17, 15) is 14.4 Å². The second kappa shape index (κ2) is 7.91. The fraction of sp³-hybridized carbons (Fsp3) is 0.200. The van der Waals surface area contributed by atoms with Crippen LogP contribution in [0.25, 0.3) is 0 Å². The molecule has 1 aliphatic heterocycles. The quantitative estimate of drug-likeness (QED) is 0.634. The Kier molecular flexibility index (Phi) is 5.39. The number of hydrogen-bond donors (Lipinski definition) is 1. The van der Waals surface area contributed by atoms with Gasteiger partial charge in [-0.15, -0.1) is 0 Å². The van der Waals surface area contributed by atoms with Crippen molar-refractivity contribution in [1.29, 1.82) is 0 Å². The molecule has 28 heavy (non-hydrogen) atoms. The molecule has 1 atom stereocenters. The number of aliphatic imine (C=N–C) groups is 1. The molecular formula is C20H19N3O5. The third-order valence-electron chi connectivity index (χ3n) is 4.24. The number of methoxy groups -OCH3 is 2. The minimum absolute atomic E-state index is 0.373. The highest BCUT2D eigenvalue weighted by Crippen LogP contribution is 2.31. The van der Waals surface area contributed by atoms with Gasteiger partial charge in [0.25, 0.3) is 5.91 Å². The van der Waals surface area contributed by atoms with Crippen LogP contribution < -0.4 is 19.7 Å². The predicted molar refractivity (Wildman–Crippen MR) is 103 cm³/mol. The fourth-order valence-corrected chi connectivity index (χ4v) is 2.71. The number of urea groups is 1. The SMILES string of the molecule is COc1ccc(OC)c(N=C[C@@H]2C(=O)NC(=O)N(c3ccc(C)cc3)C2=O)c1. The molecule has 3 rings (SSSR count). The van der Waals surface area contributed by atoms with Gasteiger partial charge in [-0.1, -0.05) is 17.7 Å². The summed E-state index contributed by atoms with van der Waals surface area (Å²) in [6.07, 6.45) is 1.20. The van der Waals surface area contributed by atoms with Crippen molar-refractivity contribution in [2.75, 3.05) is 19.1 Å². The zero-order chi connectivity index (χ0) is 20.3. The molecule has 1 fully saturated rings. The zero-order valence-electron chi connectivity index (χ0n) is 15.6. The number of anilines is 1. The maximum absolute atomic E-state index is 12.8. The van der Waals surface area contributed by atoms with E-state index >= 15 is 0 Å². The normalized spacial score (nSPS) is 17.0. The topological polar surface area (TPSA) is 97.3 Å². The minimum atomic E-state index is -1.25. The Bertz CT molecular complexity index is 953. The smallest absolute Gasteiger partial charge is 0.335 e. The number of aryl methyl sites for hydroxylation is 1. The van der Waals surface area contributed by atoms with Crippen LogP contribution in [0.3, 0.4) is 0 Å². The van der Waals surface area contributed by atoms with Gasteiger partial charge in [-0.2, -0.15) is 0 Å². The van der Waals surface area contributed by atoms with E-state index in [-0.39, 0.29) is 0 Å². The van der Waals surface area contributed by atoms with Crippen LogP contribution in [0.15, 0.2) is 47.5 Å². The summed E-state index contributed by atoms with van der Waals surface area (Å²) in [4.78, 5) is 42.4. The first-order valence-corrected chi connectivity index (χ1v) is 8.46. The molecule has 1 aliphatic rings. The van der Waals surface area contributed by atoms with E-state index in [1.165, 1.54) is 20.4 Å². The Labute approximate surface area is 161 Å². The third-order valence-corrected chi connectivity index (χ3v) is 4.24. The Balaban J connectivity index is 1.92. The zero-order valence-corrected chi connectivity index (χ0v) is 15.6. The molecule has 1 N–H and O–H groups in total. The molecule has 0 saturated carbocycles. The van der Waals surface area contributed by atoms with Crippen LogP contribution in [-0.4, -0.2) is 38.3 Å². The molecule has 0 spiro atoms. The Morgan fingerprint density at radius 3 is 2.39 bits per heavy atom. The van der Waals surface area contributed by atoms with Crippen molar-refractivity contribution >= 4 is 35.4 Å². The van der Waals surface area contributed by atoms with Crippen molar-refractivity contribution in [3.8, 4) is 11.5 Å². The minimum Gasteiger partial charge on any atom is -0.497 e. The lowest BCUT2D eigenvalue weighted by atomic mass is 10.1. The molecule has 8 nitrogen and oxygen atoms in total. The van der Waals surface area contributed by atoms with Crippen LogP contribution in [-0.2, 0) is 9.59 Å². The second-order valence-electron chi connectivity index (χ2n) is 6.10. The lowest BCUT2D eigenvalue weighted by Crippen LogP contribution is -2.58. The lowest BCUT2D eigenvalue weighted by Gasteiger charge is -2.28. The largest absolute Gasteiger partial charge is 0.497 e. The fourth-order valence-electron chi connectivity index (χ4n) is 2.71. The maximum atomic E-state index is 12.8. The van der Waals surface area contributed by atoms with E-state index in [1.807, 2.05) is 6.92 Å². The summed E-state index contributed by atoms with van der Waals surface area (Å²) in [5.74, 6) is -1.67. The van der Waals surface area contributed by atoms with Crippen molar-refractivity contribution in [1.82, 2.24) is 5.32 Å². The van der Waals surface area contributed by atoms with E-state index in [4.69, 9.17) is 9.47 Å². The molecule has 0 aliphatic carbocycles. The van der Waals surface area contributed by atoms with Crippen molar-refractivity contribution in [3.05, 3.63) is 48.0 Å². The van der Waals surface area contributed by atoms with Crippen molar-refractivity contribution in [2.45, 2.75) is 6.92 Å². The summed E-state index contributed by atoms with van der Waals surface area (Å²) in [6.45, 7) is 1.89. The first kappa shape index (κ1) is 19.1. The Hall–Kier alpha value is -3.68. The van der Waals surface area contributed by atoms with Crippen LogP contribution in [0.2, 0.25) is 0 Å². The number of benzene rings is 2. The molecule has 2 aromatic rings. The number of ether oxygens (including phenoxy) is 2. The number of hydrogen-bond acceptors (Lipinski definition) is 6. The average molecular weight is 381 g/mol. The second-order valence-corrected chi connectivity index (χ2v) is 6.10. The maximum Gasteiger partial charge on any atom is 0.335 e. The van der Waals surface area contributed by atoms with Gasteiger partial charge < -0.3 is 9.47 Å². The van der Waals surface area contributed by atoms with E-state index < -0.39 is 23.8 Å². The summed E-state index contributed by atoms with van der Waals surface area (Å²) in [5.41, 5.74) is 1.74. The van der Waals surface area contributed by atoms with Gasteiger partial charge >= 0.3 is 6.03 Å². The number of nitrogens with zero attached hydrogens (tertiary/aromatic N) is 2. The van der Waals surface area contributed by atoms with Crippen LogP contribution in [0, 0.1) is 12.8 Å². The molecule has 8 heteroatoms. The highest BCUT2D eigenvalue weighted by Gasteiger charge is 2.40. The van der Waals surface area contributed by atoms with E-state index in [1.54, 1.807) is 42.5 Å². The van der Waals surface area contributed by atoms with Gasteiger partial charge in [0, 0.05) is 12.3 Å². The van der Waals surface area contributed by atoms with Crippen LogP contribution >= 0.6 is 0 Å². The van der Waals surface area contributed by atoms with E-state index in [0.29, 0.717) is 22.9 Å². The first-order chi connectivity index (χ1) is 13.4. The number of nitrogens with one attached hydrogen (secondary N) is 1. The molecule has 144 valence electrons. The first-order valence-electron chi connectivity index (χ1n) is 8.46. The molecule has 1 saturated heterocycles. The molecule has 0 aromatic heterocycles. The molecule has 2 aromatic carbocycles. The van der Waals surface area contributed by atoms with E-state index in [0.717, 1.165) is 10.5 Å². The molecule has 0 bridgehead atoms. The van der Waals surface area contributed by atoms with Crippen LogP contribution in [0.5, 0.6) is 11.5 Å². The summed E-state index contributed by atoms with van der Waals surface area (Å²) < 4.78 is 10.4.